The van der Waals surface area contributed by atoms with Crippen molar-refractivity contribution in [1.82, 2.24) is 10.2 Å². The predicted molar refractivity (Wildman–Crippen MR) is 73.1 cm³/mol. The summed E-state index contributed by atoms with van der Waals surface area (Å²) in [6.07, 6.45) is 2.60. The van der Waals surface area contributed by atoms with Crippen LogP contribution in [-0.2, 0) is 6.54 Å². The normalized spacial score (nSPS) is 19.1. The average molecular weight is 243 g/mol. The average Bonchev–Trinajstić information content (AvgIpc) is 2.91. The van der Waals surface area contributed by atoms with Crippen molar-refractivity contribution in [1.29, 1.82) is 5.26 Å². The van der Waals surface area contributed by atoms with Crippen LogP contribution >= 0.6 is 0 Å². The van der Waals surface area contributed by atoms with Gasteiger partial charge in [0.15, 0.2) is 0 Å². The van der Waals surface area contributed by atoms with E-state index in [1.165, 1.54) is 24.9 Å². The van der Waals surface area contributed by atoms with Crippen LogP contribution in [0.5, 0.6) is 0 Å². The molecule has 0 aromatic heterocycles. The van der Waals surface area contributed by atoms with Crippen LogP contribution in [0.1, 0.15) is 30.9 Å². The van der Waals surface area contributed by atoms with Crippen molar-refractivity contribution in [3.05, 3.63) is 35.4 Å². The maximum atomic E-state index is 8.78. The highest BCUT2D eigenvalue weighted by atomic mass is 15.1. The van der Waals surface area contributed by atoms with E-state index >= 15 is 0 Å². The van der Waals surface area contributed by atoms with Crippen molar-refractivity contribution in [2.24, 2.45) is 0 Å². The van der Waals surface area contributed by atoms with Gasteiger partial charge in [-0.25, -0.2) is 0 Å². The summed E-state index contributed by atoms with van der Waals surface area (Å²) in [4.78, 5) is 2.46. The molecule has 1 N–H and O–H groups in total. The summed E-state index contributed by atoms with van der Waals surface area (Å²) in [7, 11) is 0. The number of hydrogen-bond acceptors (Lipinski definition) is 3. The van der Waals surface area contributed by atoms with Gasteiger partial charge in [0.25, 0.3) is 0 Å². The van der Waals surface area contributed by atoms with E-state index in [1.807, 2.05) is 12.1 Å². The van der Waals surface area contributed by atoms with Gasteiger partial charge in [0.2, 0.25) is 0 Å². The van der Waals surface area contributed by atoms with Crippen LogP contribution < -0.4 is 5.32 Å². The lowest BCUT2D eigenvalue weighted by Crippen LogP contribution is -2.37. The fraction of sp³-hybridized carbons (Fsp3) is 0.533. The van der Waals surface area contributed by atoms with Gasteiger partial charge in [-0.15, -0.1) is 0 Å². The van der Waals surface area contributed by atoms with Crippen LogP contribution in [0.2, 0.25) is 0 Å². The van der Waals surface area contributed by atoms with Crippen LogP contribution in [0, 0.1) is 11.3 Å². The molecular formula is C15H21N3. The van der Waals surface area contributed by atoms with E-state index < -0.39 is 0 Å². The number of likely N-dealkylation sites (N-methyl/N-ethyl adjacent to an activating group) is 1. The third-order valence-corrected chi connectivity index (χ3v) is 3.58. The number of nitrogens with one attached hydrogen (secondary N) is 1. The van der Waals surface area contributed by atoms with Crippen LogP contribution in [-0.4, -0.2) is 30.6 Å². The minimum absolute atomic E-state index is 0.656. The maximum Gasteiger partial charge on any atom is 0.0991 e. The Kier molecular flexibility index (Phi) is 4.74. The molecule has 1 unspecified atom stereocenters. The number of hydrogen-bond donors (Lipinski definition) is 1. The highest BCUT2D eigenvalue weighted by molar-refractivity contribution is 5.31. The zero-order valence-corrected chi connectivity index (χ0v) is 11.0. The summed E-state index contributed by atoms with van der Waals surface area (Å²) in [6, 6.07) is 10.7. The second-order valence-corrected chi connectivity index (χ2v) is 4.93. The van der Waals surface area contributed by atoms with Gasteiger partial charge in [0.05, 0.1) is 11.6 Å². The fourth-order valence-corrected chi connectivity index (χ4v) is 2.47. The van der Waals surface area contributed by atoms with Gasteiger partial charge in [0, 0.05) is 19.1 Å². The number of nitrogens with zero attached hydrogens (tertiary/aromatic N) is 2. The lowest BCUT2D eigenvalue weighted by molar-refractivity contribution is 0.253. The van der Waals surface area contributed by atoms with Crippen LogP contribution in [0.4, 0.5) is 0 Å². The molecular weight excluding hydrogens is 222 g/mol. The summed E-state index contributed by atoms with van der Waals surface area (Å²) in [6.45, 7) is 6.53. The van der Waals surface area contributed by atoms with Gasteiger partial charge in [0.1, 0.15) is 0 Å². The van der Waals surface area contributed by atoms with E-state index in [-0.39, 0.29) is 0 Å². The molecule has 0 amide bonds. The summed E-state index contributed by atoms with van der Waals surface area (Å²) < 4.78 is 0. The molecule has 1 aromatic carbocycles. The molecule has 96 valence electrons. The molecule has 0 spiro atoms. The highest BCUT2D eigenvalue weighted by Crippen LogP contribution is 2.11. The smallest absolute Gasteiger partial charge is 0.0991 e. The lowest BCUT2D eigenvalue weighted by Gasteiger charge is -2.24. The molecule has 0 saturated carbocycles. The number of benzene rings is 1. The zero-order valence-electron chi connectivity index (χ0n) is 11.0. The monoisotopic (exact) mass is 243 g/mol. The van der Waals surface area contributed by atoms with E-state index in [4.69, 9.17) is 5.26 Å². The molecule has 1 aromatic rings. The first-order valence-corrected chi connectivity index (χ1v) is 6.76. The SMILES string of the molecule is CCN(Cc1ccc(C#N)cc1)CC1CCCN1. The first-order chi connectivity index (χ1) is 8.81. The third-order valence-electron chi connectivity index (χ3n) is 3.58. The topological polar surface area (TPSA) is 39.1 Å². The standard InChI is InChI=1S/C15H21N3/c1-2-18(12-15-4-3-9-17-15)11-14-7-5-13(10-16)6-8-14/h5-8,15,17H,2-4,9,11-12H2,1H3. The van der Waals surface area contributed by atoms with Gasteiger partial charge >= 0.3 is 0 Å². The molecule has 3 nitrogen and oxygen atoms in total. The van der Waals surface area contributed by atoms with E-state index in [0.29, 0.717) is 6.04 Å². The summed E-state index contributed by atoms with van der Waals surface area (Å²) >= 11 is 0. The third kappa shape index (κ3) is 3.56. The van der Waals surface area contributed by atoms with Crippen molar-refractivity contribution in [3.63, 3.8) is 0 Å². The number of nitriles is 1. The van der Waals surface area contributed by atoms with Gasteiger partial charge in [-0.1, -0.05) is 19.1 Å². The Morgan fingerprint density at radius 3 is 2.72 bits per heavy atom. The van der Waals surface area contributed by atoms with Gasteiger partial charge in [-0.05, 0) is 43.6 Å². The van der Waals surface area contributed by atoms with E-state index in [9.17, 15) is 0 Å². The maximum absolute atomic E-state index is 8.78. The van der Waals surface area contributed by atoms with Crippen molar-refractivity contribution in [2.75, 3.05) is 19.6 Å². The largest absolute Gasteiger partial charge is 0.313 e. The van der Waals surface area contributed by atoms with Crippen molar-refractivity contribution >= 4 is 0 Å². The summed E-state index contributed by atoms with van der Waals surface area (Å²) in [5.41, 5.74) is 2.02. The van der Waals surface area contributed by atoms with E-state index in [2.05, 4.69) is 35.3 Å². The van der Waals surface area contributed by atoms with Gasteiger partial charge in [-0.2, -0.15) is 5.26 Å². The second-order valence-electron chi connectivity index (χ2n) is 4.93. The molecule has 18 heavy (non-hydrogen) atoms. The summed E-state index contributed by atoms with van der Waals surface area (Å²) in [5.74, 6) is 0. The zero-order chi connectivity index (χ0) is 12.8. The van der Waals surface area contributed by atoms with E-state index in [1.54, 1.807) is 0 Å². The molecule has 0 radical (unpaired) electrons. The van der Waals surface area contributed by atoms with Crippen LogP contribution in [0.15, 0.2) is 24.3 Å². The molecule has 1 atom stereocenters. The Balaban J connectivity index is 1.90. The van der Waals surface area contributed by atoms with Crippen LogP contribution in [0.25, 0.3) is 0 Å². The molecule has 0 bridgehead atoms. The fourth-order valence-electron chi connectivity index (χ4n) is 2.47. The molecule has 3 heteroatoms. The van der Waals surface area contributed by atoms with Gasteiger partial charge in [-0.3, -0.25) is 4.90 Å². The Bertz CT molecular complexity index is 399. The predicted octanol–water partition coefficient (Wildman–Crippen LogP) is 2.13. The molecule has 1 heterocycles. The molecule has 1 aliphatic rings. The van der Waals surface area contributed by atoms with Crippen molar-refractivity contribution in [3.8, 4) is 6.07 Å². The molecule has 1 saturated heterocycles. The first kappa shape index (κ1) is 13.1. The first-order valence-electron chi connectivity index (χ1n) is 6.76. The molecule has 2 rings (SSSR count). The lowest BCUT2D eigenvalue weighted by atomic mass is 10.1. The van der Waals surface area contributed by atoms with Crippen molar-refractivity contribution < 1.29 is 0 Å². The van der Waals surface area contributed by atoms with Crippen molar-refractivity contribution in [2.45, 2.75) is 32.4 Å². The molecule has 0 aliphatic carbocycles. The minimum atomic E-state index is 0.656. The van der Waals surface area contributed by atoms with Crippen LogP contribution in [0.3, 0.4) is 0 Å². The van der Waals surface area contributed by atoms with Gasteiger partial charge < -0.3 is 5.32 Å². The molecule has 1 aliphatic heterocycles. The van der Waals surface area contributed by atoms with E-state index in [0.717, 1.165) is 25.2 Å². The Labute approximate surface area is 109 Å². The Morgan fingerprint density at radius 2 is 2.17 bits per heavy atom. The highest BCUT2D eigenvalue weighted by Gasteiger charge is 2.16. The molecule has 1 fully saturated rings. The second kappa shape index (κ2) is 6.53. The Morgan fingerprint density at radius 1 is 1.39 bits per heavy atom. The minimum Gasteiger partial charge on any atom is -0.313 e. The summed E-state index contributed by atoms with van der Waals surface area (Å²) in [5, 5.41) is 12.3. The Hall–Kier alpha value is -1.37. The number of rotatable bonds is 5. The quantitative estimate of drug-likeness (QED) is 0.861.